The molecule has 0 aliphatic carbocycles. The van der Waals surface area contributed by atoms with E-state index in [2.05, 4.69) is 9.35 Å². The van der Waals surface area contributed by atoms with Crippen molar-refractivity contribution in [2.75, 3.05) is 12.5 Å². The zero-order valence-corrected chi connectivity index (χ0v) is 13.8. The van der Waals surface area contributed by atoms with Crippen molar-refractivity contribution in [1.82, 2.24) is 4.98 Å². The predicted molar refractivity (Wildman–Crippen MR) is 86.6 cm³/mol. The first-order valence-corrected chi connectivity index (χ1v) is 9.48. The van der Waals surface area contributed by atoms with Crippen LogP contribution in [0.25, 0.3) is 0 Å². The van der Waals surface area contributed by atoms with Gasteiger partial charge in [0.05, 0.1) is 15.3 Å². The third kappa shape index (κ3) is 3.84. The fourth-order valence-electron chi connectivity index (χ4n) is 1.66. The van der Waals surface area contributed by atoms with Gasteiger partial charge in [0, 0.05) is 22.4 Å². The van der Waals surface area contributed by atoms with Crippen molar-refractivity contribution in [2.24, 2.45) is 4.36 Å². The first-order chi connectivity index (χ1) is 9.94. The number of benzene rings is 1. The lowest BCUT2D eigenvalue weighted by Crippen LogP contribution is -2.05. The van der Waals surface area contributed by atoms with Crippen LogP contribution in [0.5, 0.6) is 0 Å². The van der Waals surface area contributed by atoms with E-state index in [-0.39, 0.29) is 0 Å². The summed E-state index contributed by atoms with van der Waals surface area (Å²) in [5.41, 5.74) is 0.355. The highest BCUT2D eigenvalue weighted by molar-refractivity contribution is 7.98. The number of carbonyl (C=O) groups is 1. The third-order valence-corrected chi connectivity index (χ3v) is 5.33. The summed E-state index contributed by atoms with van der Waals surface area (Å²) in [6, 6.07) is 9.75. The fourth-order valence-corrected chi connectivity index (χ4v) is 3.49. The molecule has 0 N–H and O–H groups in total. The Hall–Kier alpha value is -1.37. The molecule has 0 aliphatic heterocycles. The second-order valence-corrected chi connectivity index (χ2v) is 7.70. The number of aromatic nitrogens is 1. The van der Waals surface area contributed by atoms with E-state index in [1.54, 1.807) is 42.6 Å². The number of halogens is 1. The largest absolute Gasteiger partial charge is 0.288 e. The molecule has 2 aromatic rings. The highest BCUT2D eigenvalue weighted by atomic mass is 35.5. The van der Waals surface area contributed by atoms with Gasteiger partial charge in [0.2, 0.25) is 0 Å². The van der Waals surface area contributed by atoms with Gasteiger partial charge in [-0.3, -0.25) is 4.79 Å². The minimum Gasteiger partial charge on any atom is -0.266 e. The molecule has 0 saturated heterocycles. The molecule has 0 saturated carbocycles. The summed E-state index contributed by atoms with van der Waals surface area (Å²) < 4.78 is 16.5. The van der Waals surface area contributed by atoms with Crippen molar-refractivity contribution in [3.8, 4) is 0 Å². The summed E-state index contributed by atoms with van der Waals surface area (Å²) >= 11 is 7.15. The van der Waals surface area contributed by atoms with Crippen molar-refractivity contribution >= 4 is 39.0 Å². The van der Waals surface area contributed by atoms with Gasteiger partial charge in [-0.15, -0.1) is 11.8 Å². The average Bonchev–Trinajstić information content (AvgIpc) is 2.47. The fraction of sp³-hybridized carbons (Fsp3) is 0.143. The van der Waals surface area contributed by atoms with Gasteiger partial charge in [-0.1, -0.05) is 11.6 Å². The van der Waals surface area contributed by atoms with Gasteiger partial charge < -0.3 is 0 Å². The smallest absolute Gasteiger partial charge is 0.266 e. The van der Waals surface area contributed by atoms with Crippen LogP contribution in [-0.2, 0) is 9.73 Å². The molecule has 110 valence electrons. The van der Waals surface area contributed by atoms with Gasteiger partial charge in [0.1, 0.15) is 5.03 Å². The number of hydrogen-bond donors (Lipinski definition) is 0. The molecule has 0 aliphatic rings. The van der Waals surface area contributed by atoms with E-state index < -0.39 is 15.6 Å². The third-order valence-electron chi connectivity index (χ3n) is 2.70. The number of nitrogens with zero attached hydrogens (tertiary/aromatic N) is 2. The second kappa shape index (κ2) is 6.60. The first kappa shape index (κ1) is 16.0. The normalized spacial score (nSPS) is 13.5. The van der Waals surface area contributed by atoms with Crippen molar-refractivity contribution in [3.05, 3.63) is 53.2 Å². The molecule has 4 nitrogen and oxygen atoms in total. The maximum Gasteiger partial charge on any atom is 0.288 e. The van der Waals surface area contributed by atoms with Gasteiger partial charge in [-0.2, -0.15) is 4.36 Å². The Bertz CT molecular complexity index is 782. The molecule has 1 heterocycles. The Kier molecular flexibility index (Phi) is 5.03. The maximum atomic E-state index is 12.6. The second-order valence-electron chi connectivity index (χ2n) is 4.21. The van der Waals surface area contributed by atoms with E-state index in [9.17, 15) is 9.00 Å². The van der Waals surface area contributed by atoms with Crippen LogP contribution in [0.2, 0.25) is 5.02 Å². The van der Waals surface area contributed by atoms with Crippen molar-refractivity contribution in [1.29, 1.82) is 0 Å². The first-order valence-electron chi connectivity index (χ1n) is 5.95. The zero-order valence-electron chi connectivity index (χ0n) is 11.4. The standard InChI is InChI=1S/C14H13ClN2O2S2/c1-20-14-12(4-3-9-16-14)13(18)17-21(2,19)11-7-5-10(15)6-8-11/h3-9H,1-2H3. The van der Waals surface area contributed by atoms with Gasteiger partial charge >= 0.3 is 0 Å². The predicted octanol–water partition coefficient (Wildman–Crippen LogP) is 3.75. The molecule has 1 unspecified atom stereocenters. The molecule has 2 rings (SSSR count). The van der Waals surface area contributed by atoms with Crippen molar-refractivity contribution in [3.63, 3.8) is 0 Å². The minimum atomic E-state index is -2.82. The topological polar surface area (TPSA) is 59.4 Å². The summed E-state index contributed by atoms with van der Waals surface area (Å²) in [5.74, 6) is -0.532. The molecule has 7 heteroatoms. The summed E-state index contributed by atoms with van der Waals surface area (Å²) in [4.78, 5) is 16.8. The molecule has 0 fully saturated rings. The highest BCUT2D eigenvalue weighted by Gasteiger charge is 2.14. The molecule has 1 atom stereocenters. The zero-order chi connectivity index (χ0) is 15.5. The van der Waals surface area contributed by atoms with Crippen LogP contribution in [0.1, 0.15) is 10.4 Å². The van der Waals surface area contributed by atoms with Gasteiger partial charge in [0.15, 0.2) is 0 Å². The van der Waals surface area contributed by atoms with Crippen LogP contribution in [0, 0.1) is 0 Å². The molecule has 1 aromatic heterocycles. The molecule has 0 bridgehead atoms. The summed E-state index contributed by atoms with van der Waals surface area (Å²) in [7, 11) is -2.82. The summed E-state index contributed by atoms with van der Waals surface area (Å²) in [6.45, 7) is 0. The van der Waals surface area contributed by atoms with Gasteiger partial charge in [-0.25, -0.2) is 9.19 Å². The van der Waals surface area contributed by atoms with Crippen LogP contribution >= 0.6 is 23.4 Å². The number of hydrogen-bond acceptors (Lipinski definition) is 4. The molecule has 1 amide bonds. The molecular formula is C14H13ClN2O2S2. The van der Waals surface area contributed by atoms with Crippen molar-refractivity contribution < 1.29 is 9.00 Å². The van der Waals surface area contributed by atoms with E-state index in [1.807, 2.05) is 6.26 Å². The Morgan fingerprint density at radius 3 is 2.57 bits per heavy atom. The Morgan fingerprint density at radius 2 is 1.95 bits per heavy atom. The molecular weight excluding hydrogens is 328 g/mol. The Balaban J connectivity index is 2.44. The van der Waals surface area contributed by atoms with Gasteiger partial charge in [-0.05, 0) is 42.7 Å². The number of thioether (sulfide) groups is 1. The van der Waals surface area contributed by atoms with E-state index >= 15 is 0 Å². The molecule has 0 radical (unpaired) electrons. The van der Waals surface area contributed by atoms with Crippen LogP contribution in [0.4, 0.5) is 0 Å². The quantitative estimate of drug-likeness (QED) is 0.798. The number of carbonyl (C=O) groups excluding carboxylic acids is 1. The number of rotatable bonds is 3. The molecule has 21 heavy (non-hydrogen) atoms. The average molecular weight is 341 g/mol. The van der Waals surface area contributed by atoms with E-state index in [4.69, 9.17) is 11.6 Å². The highest BCUT2D eigenvalue weighted by Crippen LogP contribution is 2.20. The van der Waals surface area contributed by atoms with Crippen molar-refractivity contribution in [2.45, 2.75) is 9.92 Å². The van der Waals surface area contributed by atoms with E-state index in [0.717, 1.165) is 0 Å². The lowest BCUT2D eigenvalue weighted by Gasteiger charge is -2.05. The maximum absolute atomic E-state index is 12.6. The number of pyridine rings is 1. The Morgan fingerprint density at radius 1 is 1.29 bits per heavy atom. The van der Waals surface area contributed by atoms with Crippen LogP contribution < -0.4 is 0 Å². The lowest BCUT2D eigenvalue weighted by molar-refractivity contribution is 0.100. The number of amides is 1. The minimum absolute atomic E-state index is 0.355. The van der Waals surface area contributed by atoms with Gasteiger partial charge in [0.25, 0.3) is 5.91 Å². The monoisotopic (exact) mass is 340 g/mol. The van der Waals surface area contributed by atoms with Crippen LogP contribution in [0.15, 0.2) is 56.9 Å². The van der Waals surface area contributed by atoms with Crippen LogP contribution in [-0.4, -0.2) is 27.6 Å². The molecule has 0 spiro atoms. The van der Waals surface area contributed by atoms with E-state index in [0.29, 0.717) is 20.5 Å². The van der Waals surface area contributed by atoms with Crippen LogP contribution in [0.3, 0.4) is 0 Å². The molecule has 1 aromatic carbocycles. The lowest BCUT2D eigenvalue weighted by atomic mass is 10.3. The summed E-state index contributed by atoms with van der Waals surface area (Å²) in [6.07, 6.45) is 4.86. The Labute approximate surface area is 133 Å². The summed E-state index contributed by atoms with van der Waals surface area (Å²) in [5, 5.41) is 1.11. The SMILES string of the molecule is CSc1ncccc1C(=O)N=S(C)(=O)c1ccc(Cl)cc1. The van der Waals surface area contributed by atoms with E-state index in [1.165, 1.54) is 18.0 Å².